The van der Waals surface area contributed by atoms with Crippen LogP contribution in [0.1, 0.15) is 26.2 Å². The van der Waals surface area contributed by atoms with E-state index >= 15 is 0 Å². The molecule has 0 saturated carbocycles. The van der Waals surface area contributed by atoms with Gasteiger partial charge in [0.25, 0.3) is 0 Å². The first-order valence-electron chi connectivity index (χ1n) is 4.93. The van der Waals surface area contributed by atoms with Crippen molar-refractivity contribution in [3.63, 3.8) is 0 Å². The van der Waals surface area contributed by atoms with Crippen LogP contribution in [-0.2, 0) is 0 Å². The number of nitrogens with zero attached hydrogens (tertiary/aromatic N) is 1. The molecule has 13 heavy (non-hydrogen) atoms. The molecule has 0 spiro atoms. The van der Waals surface area contributed by atoms with Gasteiger partial charge in [-0.15, -0.1) is 13.2 Å². The summed E-state index contributed by atoms with van der Waals surface area (Å²) in [6.45, 7) is 11.1. The minimum Gasteiger partial charge on any atom is -0.280 e. The Morgan fingerprint density at radius 3 is 2.23 bits per heavy atom. The van der Waals surface area contributed by atoms with E-state index in [-0.39, 0.29) is 6.17 Å². The Kier molecular flexibility index (Phi) is 7.65. The molecular weight excluding hydrogens is 160 g/mol. The zero-order valence-electron chi connectivity index (χ0n) is 8.63. The summed E-state index contributed by atoms with van der Waals surface area (Å²) in [6.07, 6.45) is 6.81. The number of hydrogen-bond donors (Lipinski definition) is 0. The van der Waals surface area contributed by atoms with E-state index in [4.69, 9.17) is 5.73 Å². The molecule has 1 N–H and O–H groups in total. The fourth-order valence-corrected chi connectivity index (χ4v) is 1.24. The van der Waals surface area contributed by atoms with Crippen LogP contribution < -0.4 is 5.73 Å². The van der Waals surface area contributed by atoms with E-state index in [9.17, 15) is 0 Å². The Balaban J connectivity index is 3.85. The van der Waals surface area contributed by atoms with Crippen molar-refractivity contribution in [2.45, 2.75) is 32.4 Å². The molecule has 2 heteroatoms. The molecule has 75 valence electrons. The van der Waals surface area contributed by atoms with Crippen molar-refractivity contribution in [1.29, 1.82) is 0 Å². The molecule has 0 aromatic heterocycles. The molecule has 0 aromatic rings. The van der Waals surface area contributed by atoms with Gasteiger partial charge in [0.1, 0.15) is 0 Å². The normalized spacial score (nSPS) is 12.8. The average Bonchev–Trinajstić information content (AvgIpc) is 2.14. The first kappa shape index (κ1) is 12.4. The largest absolute Gasteiger partial charge is 0.280 e. The van der Waals surface area contributed by atoms with E-state index in [1.807, 2.05) is 12.2 Å². The third-order valence-corrected chi connectivity index (χ3v) is 2.00. The van der Waals surface area contributed by atoms with Gasteiger partial charge in [0.15, 0.2) is 0 Å². The van der Waals surface area contributed by atoms with Crippen LogP contribution in [0.2, 0.25) is 0 Å². The zero-order chi connectivity index (χ0) is 10.1. The maximum Gasteiger partial charge on any atom is 0.0734 e. The Morgan fingerprint density at radius 2 is 1.85 bits per heavy atom. The number of nitrogens with one attached hydrogen (secondary N) is 1. The van der Waals surface area contributed by atoms with Crippen molar-refractivity contribution in [2.24, 2.45) is 0 Å². The van der Waals surface area contributed by atoms with Crippen LogP contribution in [0, 0.1) is 0 Å². The van der Waals surface area contributed by atoms with Gasteiger partial charge in [-0.3, -0.25) is 4.90 Å². The van der Waals surface area contributed by atoms with E-state index in [0.717, 1.165) is 32.4 Å². The lowest BCUT2D eigenvalue weighted by Crippen LogP contribution is -2.36. The van der Waals surface area contributed by atoms with Crippen LogP contribution in [0.5, 0.6) is 0 Å². The lowest BCUT2D eigenvalue weighted by atomic mass is 10.2. The van der Waals surface area contributed by atoms with Crippen molar-refractivity contribution >= 4 is 0 Å². The van der Waals surface area contributed by atoms with Crippen molar-refractivity contribution in [3.05, 3.63) is 25.3 Å². The Hall–Kier alpha value is -0.600. The summed E-state index contributed by atoms with van der Waals surface area (Å²) in [5.74, 6) is 0. The van der Waals surface area contributed by atoms with E-state index < -0.39 is 0 Å². The third kappa shape index (κ3) is 5.61. The minimum absolute atomic E-state index is 0.101. The SMILES string of the molecule is C=CCN(CC=C)C([NH])CCCC. The van der Waals surface area contributed by atoms with Crippen molar-refractivity contribution in [2.75, 3.05) is 13.1 Å². The molecular formula is C11H21N2. The van der Waals surface area contributed by atoms with E-state index in [1.54, 1.807) is 0 Å². The topological polar surface area (TPSA) is 27.0 Å². The molecule has 1 atom stereocenters. The van der Waals surface area contributed by atoms with Gasteiger partial charge >= 0.3 is 0 Å². The second kappa shape index (κ2) is 8.02. The lowest BCUT2D eigenvalue weighted by molar-refractivity contribution is 0.223. The quantitative estimate of drug-likeness (QED) is 0.528. The fraction of sp³-hybridized carbons (Fsp3) is 0.636. The molecule has 0 bridgehead atoms. The highest BCUT2D eigenvalue weighted by molar-refractivity contribution is 4.82. The molecule has 0 aliphatic rings. The molecule has 0 saturated heterocycles. The van der Waals surface area contributed by atoms with Gasteiger partial charge in [0, 0.05) is 13.1 Å². The summed E-state index contributed by atoms with van der Waals surface area (Å²) in [5.41, 5.74) is 7.87. The van der Waals surface area contributed by atoms with Crippen LogP contribution in [0.25, 0.3) is 0 Å². The third-order valence-electron chi connectivity index (χ3n) is 2.00. The molecule has 0 amide bonds. The van der Waals surface area contributed by atoms with Gasteiger partial charge in [0.2, 0.25) is 0 Å². The first-order valence-corrected chi connectivity index (χ1v) is 4.93. The van der Waals surface area contributed by atoms with Crippen molar-refractivity contribution in [1.82, 2.24) is 10.6 Å². The van der Waals surface area contributed by atoms with Crippen molar-refractivity contribution in [3.8, 4) is 0 Å². The zero-order valence-corrected chi connectivity index (χ0v) is 8.63. The number of rotatable bonds is 8. The van der Waals surface area contributed by atoms with Gasteiger partial charge in [-0.05, 0) is 6.42 Å². The van der Waals surface area contributed by atoms with Crippen molar-refractivity contribution < 1.29 is 0 Å². The molecule has 0 aliphatic heterocycles. The number of hydrogen-bond acceptors (Lipinski definition) is 1. The second-order valence-corrected chi connectivity index (χ2v) is 3.19. The predicted octanol–water partition coefficient (Wildman–Crippen LogP) is 2.46. The fourth-order valence-electron chi connectivity index (χ4n) is 1.24. The minimum atomic E-state index is -0.101. The Bertz CT molecular complexity index is 133. The second-order valence-electron chi connectivity index (χ2n) is 3.19. The molecule has 0 aromatic carbocycles. The van der Waals surface area contributed by atoms with Crippen LogP contribution in [0.3, 0.4) is 0 Å². The molecule has 2 nitrogen and oxygen atoms in total. The molecule has 0 aliphatic carbocycles. The monoisotopic (exact) mass is 181 g/mol. The lowest BCUT2D eigenvalue weighted by Gasteiger charge is -2.25. The summed E-state index contributed by atoms with van der Waals surface area (Å²) in [6, 6.07) is 0. The standard InChI is InChI=1S/C11H21N2/c1-4-7-8-11(12)13(9-5-2)10-6-3/h5-6,11-12H,2-4,7-10H2,1H3. The molecule has 0 heterocycles. The Morgan fingerprint density at radius 1 is 1.31 bits per heavy atom. The summed E-state index contributed by atoms with van der Waals surface area (Å²) in [4.78, 5) is 2.07. The van der Waals surface area contributed by atoms with E-state index in [0.29, 0.717) is 0 Å². The van der Waals surface area contributed by atoms with E-state index in [2.05, 4.69) is 25.0 Å². The van der Waals surface area contributed by atoms with Crippen LogP contribution in [0.4, 0.5) is 0 Å². The smallest absolute Gasteiger partial charge is 0.0734 e. The summed E-state index contributed by atoms with van der Waals surface area (Å²) in [5, 5.41) is 0. The summed E-state index contributed by atoms with van der Waals surface area (Å²) in [7, 11) is 0. The average molecular weight is 181 g/mol. The highest BCUT2D eigenvalue weighted by atomic mass is 15.2. The maximum absolute atomic E-state index is 7.87. The number of unbranched alkanes of at least 4 members (excludes halogenated alkanes) is 1. The molecule has 0 rings (SSSR count). The van der Waals surface area contributed by atoms with Gasteiger partial charge in [-0.25, -0.2) is 5.73 Å². The van der Waals surface area contributed by atoms with Gasteiger partial charge in [0.05, 0.1) is 6.17 Å². The van der Waals surface area contributed by atoms with Crippen LogP contribution >= 0.6 is 0 Å². The Labute approximate surface area is 82.1 Å². The summed E-state index contributed by atoms with van der Waals surface area (Å²) >= 11 is 0. The van der Waals surface area contributed by atoms with E-state index in [1.165, 1.54) is 0 Å². The molecule has 1 unspecified atom stereocenters. The van der Waals surface area contributed by atoms with Crippen LogP contribution in [0.15, 0.2) is 25.3 Å². The van der Waals surface area contributed by atoms with Gasteiger partial charge < -0.3 is 0 Å². The van der Waals surface area contributed by atoms with Gasteiger partial charge in [-0.2, -0.15) is 0 Å². The van der Waals surface area contributed by atoms with Gasteiger partial charge in [-0.1, -0.05) is 31.9 Å². The molecule has 1 radical (unpaired) electrons. The maximum atomic E-state index is 7.87. The predicted molar refractivity (Wildman–Crippen MR) is 58.4 cm³/mol. The summed E-state index contributed by atoms with van der Waals surface area (Å²) < 4.78 is 0. The van der Waals surface area contributed by atoms with Crippen LogP contribution in [-0.4, -0.2) is 24.2 Å². The highest BCUT2D eigenvalue weighted by Gasteiger charge is 2.10. The highest BCUT2D eigenvalue weighted by Crippen LogP contribution is 2.05. The first-order chi connectivity index (χ1) is 6.26. The molecule has 0 fully saturated rings.